The van der Waals surface area contributed by atoms with Gasteiger partial charge in [0.15, 0.2) is 0 Å². The summed E-state index contributed by atoms with van der Waals surface area (Å²) in [4.78, 5) is 23.4. The fraction of sp³-hybridized carbons (Fsp3) is 0.385. The normalized spacial score (nSPS) is 17.1. The van der Waals surface area contributed by atoms with Gasteiger partial charge in [-0.25, -0.2) is 4.79 Å². The van der Waals surface area contributed by atoms with Crippen LogP contribution in [-0.4, -0.2) is 32.7 Å². The molecule has 0 atom stereocenters. The van der Waals surface area contributed by atoms with Gasteiger partial charge in [0, 0.05) is 0 Å². The van der Waals surface area contributed by atoms with E-state index in [1.165, 1.54) is 18.2 Å². The predicted octanol–water partition coefficient (Wildman–Crippen LogP) is 1.22. The van der Waals surface area contributed by atoms with Gasteiger partial charge >= 0.3 is 5.97 Å². The fourth-order valence-electron chi connectivity index (χ4n) is 2.41. The van der Waals surface area contributed by atoms with Crippen LogP contribution < -0.4 is 5.32 Å². The van der Waals surface area contributed by atoms with E-state index in [1.54, 1.807) is 0 Å². The molecule has 0 aliphatic heterocycles. The monoisotopic (exact) mass is 265 g/mol. The molecule has 0 heterocycles. The number of aromatic hydroxyl groups is 2. The molecule has 0 saturated heterocycles. The first kappa shape index (κ1) is 13.2. The molecular formula is C13H15NO5. The van der Waals surface area contributed by atoms with E-state index in [0.717, 1.165) is 12.8 Å². The topological polar surface area (TPSA) is 107 Å². The molecule has 1 fully saturated rings. The maximum absolute atomic E-state index is 12.1. The third kappa shape index (κ3) is 2.33. The SMILES string of the molecule is O=C(NC1(C(=O)O)CCCC1)c1c(O)cccc1O. The minimum atomic E-state index is -1.30. The number of carbonyl (C=O) groups is 2. The van der Waals surface area contributed by atoms with Crippen LogP contribution in [0.25, 0.3) is 0 Å². The van der Waals surface area contributed by atoms with Crippen molar-refractivity contribution in [3.63, 3.8) is 0 Å². The second kappa shape index (κ2) is 4.79. The van der Waals surface area contributed by atoms with Crippen LogP contribution in [0.3, 0.4) is 0 Å². The van der Waals surface area contributed by atoms with Crippen molar-refractivity contribution < 1.29 is 24.9 Å². The molecule has 0 radical (unpaired) electrons. The van der Waals surface area contributed by atoms with Crippen LogP contribution >= 0.6 is 0 Å². The van der Waals surface area contributed by atoms with Gasteiger partial charge in [-0.05, 0) is 25.0 Å². The molecule has 0 spiro atoms. The van der Waals surface area contributed by atoms with E-state index in [9.17, 15) is 24.9 Å². The summed E-state index contributed by atoms with van der Waals surface area (Å²) in [7, 11) is 0. The number of nitrogens with one attached hydrogen (secondary N) is 1. The minimum Gasteiger partial charge on any atom is -0.507 e. The quantitative estimate of drug-likeness (QED) is 0.657. The molecular weight excluding hydrogens is 250 g/mol. The Balaban J connectivity index is 2.28. The van der Waals surface area contributed by atoms with E-state index in [4.69, 9.17) is 0 Å². The first-order valence-corrected chi connectivity index (χ1v) is 6.03. The molecule has 2 rings (SSSR count). The summed E-state index contributed by atoms with van der Waals surface area (Å²) >= 11 is 0. The number of hydrogen-bond acceptors (Lipinski definition) is 4. The van der Waals surface area contributed by atoms with Gasteiger partial charge in [0.2, 0.25) is 0 Å². The van der Waals surface area contributed by atoms with E-state index >= 15 is 0 Å². The average molecular weight is 265 g/mol. The van der Waals surface area contributed by atoms with Gasteiger partial charge in [0.05, 0.1) is 0 Å². The van der Waals surface area contributed by atoms with Gasteiger partial charge < -0.3 is 20.6 Å². The largest absolute Gasteiger partial charge is 0.507 e. The van der Waals surface area contributed by atoms with E-state index in [0.29, 0.717) is 12.8 Å². The Morgan fingerprint density at radius 1 is 1.11 bits per heavy atom. The number of aliphatic carboxylic acids is 1. The lowest BCUT2D eigenvalue weighted by Gasteiger charge is -2.25. The first-order valence-electron chi connectivity index (χ1n) is 6.03. The molecule has 4 N–H and O–H groups in total. The van der Waals surface area contributed by atoms with E-state index in [-0.39, 0.29) is 17.1 Å². The van der Waals surface area contributed by atoms with Gasteiger partial charge in [-0.15, -0.1) is 0 Å². The third-order valence-electron chi connectivity index (χ3n) is 3.47. The number of hydrogen-bond donors (Lipinski definition) is 4. The van der Waals surface area contributed by atoms with Crippen LogP contribution in [0, 0.1) is 0 Å². The molecule has 19 heavy (non-hydrogen) atoms. The number of carbonyl (C=O) groups excluding carboxylic acids is 1. The Labute approximate surface area is 109 Å². The highest BCUT2D eigenvalue weighted by Gasteiger charge is 2.43. The Hall–Kier alpha value is -2.24. The zero-order valence-corrected chi connectivity index (χ0v) is 10.2. The second-order valence-corrected chi connectivity index (χ2v) is 4.72. The Morgan fingerprint density at radius 3 is 2.11 bits per heavy atom. The number of carboxylic acids is 1. The van der Waals surface area contributed by atoms with Crippen molar-refractivity contribution in [3.8, 4) is 11.5 Å². The molecule has 0 bridgehead atoms. The van der Waals surface area contributed by atoms with Crippen molar-refractivity contribution in [2.24, 2.45) is 0 Å². The van der Waals surface area contributed by atoms with Gasteiger partial charge in [-0.2, -0.15) is 0 Å². The van der Waals surface area contributed by atoms with E-state index in [2.05, 4.69) is 5.32 Å². The molecule has 1 aromatic rings. The summed E-state index contributed by atoms with van der Waals surface area (Å²) in [5.74, 6) is -2.62. The van der Waals surface area contributed by atoms with Crippen LogP contribution in [0.15, 0.2) is 18.2 Å². The zero-order chi connectivity index (χ0) is 14.0. The maximum Gasteiger partial charge on any atom is 0.329 e. The molecule has 1 aliphatic rings. The third-order valence-corrected chi connectivity index (χ3v) is 3.47. The molecule has 0 aromatic heterocycles. The highest BCUT2D eigenvalue weighted by Crippen LogP contribution is 2.32. The van der Waals surface area contributed by atoms with Crippen molar-refractivity contribution in [1.29, 1.82) is 0 Å². The highest BCUT2D eigenvalue weighted by atomic mass is 16.4. The molecule has 6 heteroatoms. The number of rotatable bonds is 3. The average Bonchev–Trinajstić information content (AvgIpc) is 2.78. The van der Waals surface area contributed by atoms with Crippen LogP contribution in [0.4, 0.5) is 0 Å². The lowest BCUT2D eigenvalue weighted by Crippen LogP contribution is -2.52. The summed E-state index contributed by atoms with van der Waals surface area (Å²) in [6.45, 7) is 0. The van der Waals surface area contributed by atoms with Crippen LogP contribution in [-0.2, 0) is 4.79 Å². The Morgan fingerprint density at radius 2 is 1.63 bits per heavy atom. The number of phenolic OH excluding ortho intramolecular Hbond substituents is 2. The molecule has 1 saturated carbocycles. The lowest BCUT2D eigenvalue weighted by atomic mass is 9.97. The molecule has 1 aromatic carbocycles. The van der Waals surface area contributed by atoms with Crippen molar-refractivity contribution in [2.75, 3.05) is 0 Å². The van der Waals surface area contributed by atoms with Crippen molar-refractivity contribution in [3.05, 3.63) is 23.8 Å². The summed E-state index contributed by atoms with van der Waals surface area (Å²) in [6.07, 6.45) is 2.14. The Kier molecular flexibility index (Phi) is 3.33. The number of amides is 1. The molecule has 6 nitrogen and oxygen atoms in total. The summed E-state index contributed by atoms with van der Waals surface area (Å²) < 4.78 is 0. The lowest BCUT2D eigenvalue weighted by molar-refractivity contribution is -0.144. The molecule has 1 aliphatic carbocycles. The van der Waals surface area contributed by atoms with Crippen LogP contribution in [0.5, 0.6) is 11.5 Å². The van der Waals surface area contributed by atoms with Gasteiger partial charge in [-0.1, -0.05) is 18.9 Å². The molecule has 1 amide bonds. The molecule has 102 valence electrons. The summed E-state index contributed by atoms with van der Waals surface area (Å²) in [6, 6.07) is 3.91. The van der Waals surface area contributed by atoms with Crippen LogP contribution in [0.2, 0.25) is 0 Å². The minimum absolute atomic E-state index is 0.296. The highest BCUT2D eigenvalue weighted by molar-refractivity contribution is 6.02. The van der Waals surface area contributed by atoms with Crippen LogP contribution in [0.1, 0.15) is 36.0 Å². The van der Waals surface area contributed by atoms with Crippen molar-refractivity contribution >= 4 is 11.9 Å². The zero-order valence-electron chi connectivity index (χ0n) is 10.2. The van der Waals surface area contributed by atoms with E-state index < -0.39 is 17.4 Å². The van der Waals surface area contributed by atoms with Crippen molar-refractivity contribution in [1.82, 2.24) is 5.32 Å². The predicted molar refractivity (Wildman–Crippen MR) is 66.1 cm³/mol. The maximum atomic E-state index is 12.1. The molecule has 0 unspecified atom stereocenters. The number of benzene rings is 1. The smallest absolute Gasteiger partial charge is 0.329 e. The van der Waals surface area contributed by atoms with E-state index in [1.807, 2.05) is 0 Å². The Bertz CT molecular complexity index is 500. The summed E-state index contributed by atoms with van der Waals surface area (Å²) in [5.41, 5.74) is -1.60. The van der Waals surface area contributed by atoms with Gasteiger partial charge in [0.25, 0.3) is 5.91 Å². The fourth-order valence-corrected chi connectivity index (χ4v) is 2.41. The number of carboxylic acid groups (broad SMARTS) is 1. The first-order chi connectivity index (χ1) is 8.96. The van der Waals surface area contributed by atoms with Crippen molar-refractivity contribution in [2.45, 2.75) is 31.2 Å². The van der Waals surface area contributed by atoms with Gasteiger partial charge in [-0.3, -0.25) is 4.79 Å². The number of phenols is 2. The van der Waals surface area contributed by atoms with Gasteiger partial charge in [0.1, 0.15) is 22.6 Å². The summed E-state index contributed by atoms with van der Waals surface area (Å²) in [5, 5.41) is 30.9. The standard InChI is InChI=1S/C13H15NO5/c15-8-4-3-5-9(16)10(8)11(17)14-13(12(18)19)6-1-2-7-13/h3-5,15-16H,1-2,6-7H2,(H,14,17)(H,18,19). The second-order valence-electron chi connectivity index (χ2n) is 4.72.